The fourth-order valence-electron chi connectivity index (χ4n) is 4.90. The molecule has 0 bridgehead atoms. The van der Waals surface area contributed by atoms with Gasteiger partial charge in [0.15, 0.2) is 5.78 Å². The van der Waals surface area contributed by atoms with Gasteiger partial charge in [0.25, 0.3) is 0 Å². The Labute approximate surface area is 317 Å². The molecule has 1 aliphatic rings. The highest BCUT2D eigenvalue weighted by Gasteiger charge is 2.67. The number of nitrogens with zero attached hydrogens (tertiary/aromatic N) is 1. The first kappa shape index (κ1) is 39.9. The molecule has 50 heavy (non-hydrogen) atoms. The molecule has 0 aliphatic heterocycles. The van der Waals surface area contributed by atoms with Gasteiger partial charge < -0.3 is 14.8 Å². The Morgan fingerprint density at radius 3 is 1.86 bits per heavy atom. The van der Waals surface area contributed by atoms with Crippen LogP contribution in [0.25, 0.3) is 0 Å². The molecule has 0 saturated heterocycles. The third-order valence-electron chi connectivity index (χ3n) is 7.10. The summed E-state index contributed by atoms with van der Waals surface area (Å²) in [5.74, 6) is -5.29. The number of Topliss-reactive ketones (excluding diaryl/α,β-unsaturated/α-hetero) is 1. The SMILES string of the molecule is CC(C)(C)OC(=O)N(C(=O)OC(C)(C)C)c1cc(F)c(CC(=O)c2cc(NC(=O)[C@H]3[C@H](c4cc(Cl)c(Cl)c(Cl)c4)C3(Cl)Cl)ccc2Cl)cc1F. The summed E-state index contributed by atoms with van der Waals surface area (Å²) in [6.45, 7) is 9.14. The maximum Gasteiger partial charge on any atom is 0.424 e. The van der Waals surface area contributed by atoms with Gasteiger partial charge in [0, 0.05) is 29.7 Å². The van der Waals surface area contributed by atoms with Crippen molar-refractivity contribution in [1.29, 1.82) is 0 Å². The summed E-state index contributed by atoms with van der Waals surface area (Å²) in [4.78, 5) is 52.7. The maximum absolute atomic E-state index is 15.5. The lowest BCUT2D eigenvalue weighted by Gasteiger charge is -2.29. The highest BCUT2D eigenvalue weighted by Crippen LogP contribution is 2.65. The molecule has 0 heterocycles. The Bertz CT molecular complexity index is 1840. The molecule has 0 unspecified atom stereocenters. The summed E-state index contributed by atoms with van der Waals surface area (Å²) in [5.41, 5.74) is -2.89. The Kier molecular flexibility index (Phi) is 11.7. The standard InChI is InChI=1S/C34H30Cl6F2N2O6/c1-32(2,3)49-30(47)44(31(48)50-33(4,5)6)24-14-22(41)15(11-23(24)42)12-25(45)18-13-17(7-8-19(18)35)43-29(46)27-26(34(27,39)40)16-9-20(36)28(38)21(37)10-16/h7-11,13-14,26-27H,12H2,1-6H3,(H,43,46)/t26-,27+/m0/s1. The van der Waals surface area contributed by atoms with Crippen molar-refractivity contribution in [2.75, 3.05) is 10.2 Å². The second-order valence-corrected chi connectivity index (χ2v) is 16.4. The van der Waals surface area contributed by atoms with E-state index in [-0.39, 0.29) is 36.2 Å². The smallest absolute Gasteiger partial charge is 0.424 e. The van der Waals surface area contributed by atoms with Gasteiger partial charge in [-0.1, -0.05) is 46.4 Å². The van der Waals surface area contributed by atoms with Gasteiger partial charge in [-0.25, -0.2) is 18.4 Å². The summed E-state index contributed by atoms with van der Waals surface area (Å²) in [6, 6.07) is 8.29. The number of anilines is 2. The number of imide groups is 1. The van der Waals surface area contributed by atoms with E-state index in [2.05, 4.69) is 5.32 Å². The first-order chi connectivity index (χ1) is 22.9. The number of benzene rings is 3. The third kappa shape index (κ3) is 9.13. The first-order valence-electron chi connectivity index (χ1n) is 14.8. The molecule has 1 fully saturated rings. The quantitative estimate of drug-likeness (QED) is 0.145. The minimum Gasteiger partial charge on any atom is -0.443 e. The molecule has 16 heteroatoms. The summed E-state index contributed by atoms with van der Waals surface area (Å²) < 4.78 is 39.9. The van der Waals surface area contributed by atoms with E-state index < -0.39 is 80.6 Å². The number of carbonyl (C=O) groups excluding carboxylic acids is 4. The van der Waals surface area contributed by atoms with Crippen molar-refractivity contribution in [2.45, 2.75) is 69.4 Å². The van der Waals surface area contributed by atoms with Crippen LogP contribution in [0.2, 0.25) is 20.1 Å². The number of halogens is 8. The maximum atomic E-state index is 15.5. The molecule has 3 aromatic carbocycles. The van der Waals surface area contributed by atoms with Crippen molar-refractivity contribution < 1.29 is 37.4 Å². The van der Waals surface area contributed by atoms with Gasteiger partial charge in [0.1, 0.15) is 27.2 Å². The van der Waals surface area contributed by atoms with Gasteiger partial charge in [0.05, 0.1) is 31.7 Å². The molecule has 3 amide bonds. The first-order valence-corrected chi connectivity index (χ1v) is 17.1. The Morgan fingerprint density at radius 2 is 1.34 bits per heavy atom. The monoisotopic (exact) mass is 810 g/mol. The van der Waals surface area contributed by atoms with Crippen LogP contribution in [0.3, 0.4) is 0 Å². The van der Waals surface area contributed by atoms with E-state index in [1.807, 2.05) is 0 Å². The van der Waals surface area contributed by atoms with Crippen LogP contribution in [0.4, 0.5) is 29.7 Å². The zero-order valence-electron chi connectivity index (χ0n) is 27.3. The number of nitrogens with one attached hydrogen (secondary N) is 1. The second-order valence-electron chi connectivity index (χ2n) is 13.4. The van der Waals surface area contributed by atoms with Gasteiger partial charge in [-0.3, -0.25) is 9.59 Å². The molecule has 0 spiro atoms. The van der Waals surface area contributed by atoms with Crippen molar-refractivity contribution >= 4 is 105 Å². The van der Waals surface area contributed by atoms with Gasteiger partial charge in [-0.15, -0.1) is 23.2 Å². The molecule has 0 aromatic heterocycles. The van der Waals surface area contributed by atoms with Crippen LogP contribution < -0.4 is 10.2 Å². The van der Waals surface area contributed by atoms with Crippen LogP contribution in [-0.4, -0.2) is 39.4 Å². The molecule has 1 N–H and O–H groups in total. The van der Waals surface area contributed by atoms with Crippen molar-refractivity contribution in [2.24, 2.45) is 5.92 Å². The normalized spacial score (nSPS) is 16.8. The molecule has 4 rings (SSSR count). The molecule has 0 radical (unpaired) electrons. The van der Waals surface area contributed by atoms with Gasteiger partial charge in [0.2, 0.25) is 5.91 Å². The van der Waals surface area contributed by atoms with E-state index in [4.69, 9.17) is 79.1 Å². The Hall–Kier alpha value is -2.86. The average molecular weight is 813 g/mol. The van der Waals surface area contributed by atoms with E-state index in [1.54, 1.807) is 0 Å². The topological polar surface area (TPSA) is 102 Å². The van der Waals surface area contributed by atoms with Crippen molar-refractivity contribution in [3.05, 3.63) is 90.9 Å². The van der Waals surface area contributed by atoms with E-state index >= 15 is 8.78 Å². The number of carbonyl (C=O) groups is 4. The predicted octanol–water partition coefficient (Wildman–Crippen LogP) is 11.2. The Morgan fingerprint density at radius 1 is 0.800 bits per heavy atom. The fourth-order valence-corrected chi connectivity index (χ4v) is 6.56. The molecule has 2 atom stereocenters. The van der Waals surface area contributed by atoms with Crippen LogP contribution in [-0.2, 0) is 20.7 Å². The number of hydrogen-bond acceptors (Lipinski definition) is 6. The number of rotatable bonds is 7. The highest BCUT2D eigenvalue weighted by atomic mass is 35.5. The number of alkyl halides is 2. The summed E-state index contributed by atoms with van der Waals surface area (Å²) in [6.07, 6.45) is -3.30. The predicted molar refractivity (Wildman–Crippen MR) is 192 cm³/mol. The largest absolute Gasteiger partial charge is 0.443 e. The average Bonchev–Trinajstić information content (AvgIpc) is 3.54. The summed E-state index contributed by atoms with van der Waals surface area (Å²) in [5, 5.41) is 3.04. The molecular formula is C34H30Cl6F2N2O6. The zero-order valence-corrected chi connectivity index (χ0v) is 31.9. The minimum atomic E-state index is -1.51. The molecule has 3 aromatic rings. The number of hydrogen-bond donors (Lipinski definition) is 1. The van der Waals surface area contributed by atoms with Crippen molar-refractivity contribution in [3.8, 4) is 0 Å². The molecule has 1 aliphatic carbocycles. The van der Waals surface area contributed by atoms with E-state index in [0.717, 1.165) is 0 Å². The third-order valence-corrected chi connectivity index (χ3v) is 9.56. The number of ketones is 1. The number of ether oxygens (including phenoxy) is 2. The molecule has 8 nitrogen and oxygen atoms in total. The minimum absolute atomic E-state index is 0.0368. The van der Waals surface area contributed by atoms with Gasteiger partial charge in [-0.05, 0) is 89.1 Å². The van der Waals surface area contributed by atoms with Gasteiger partial charge >= 0.3 is 12.2 Å². The lowest BCUT2D eigenvalue weighted by atomic mass is 10.0. The second kappa shape index (κ2) is 14.6. The van der Waals surface area contributed by atoms with E-state index in [1.165, 1.54) is 71.9 Å². The lowest BCUT2D eigenvalue weighted by molar-refractivity contribution is -0.117. The van der Waals surface area contributed by atoms with E-state index in [9.17, 15) is 19.2 Å². The van der Waals surface area contributed by atoms with E-state index in [0.29, 0.717) is 17.7 Å². The fraction of sp³-hybridized carbons (Fsp3) is 0.353. The molecule has 1 saturated carbocycles. The zero-order chi connectivity index (χ0) is 37.7. The van der Waals surface area contributed by atoms with Gasteiger partial charge in [-0.2, -0.15) is 4.90 Å². The van der Waals surface area contributed by atoms with Crippen molar-refractivity contribution in [3.63, 3.8) is 0 Å². The van der Waals surface area contributed by atoms with Crippen molar-refractivity contribution in [1.82, 2.24) is 0 Å². The lowest BCUT2D eigenvalue weighted by Crippen LogP contribution is -2.44. The summed E-state index contributed by atoms with van der Waals surface area (Å²) in [7, 11) is 0. The van der Waals surface area contributed by atoms with Crippen LogP contribution in [0.5, 0.6) is 0 Å². The van der Waals surface area contributed by atoms with Crippen LogP contribution >= 0.6 is 69.6 Å². The van der Waals surface area contributed by atoms with Crippen LogP contribution in [0.15, 0.2) is 42.5 Å². The van der Waals surface area contributed by atoms with Crippen LogP contribution in [0, 0.1) is 17.6 Å². The number of amides is 3. The molecular weight excluding hydrogens is 783 g/mol. The van der Waals surface area contributed by atoms with Crippen LogP contribution in [0.1, 0.15) is 68.9 Å². The highest BCUT2D eigenvalue weighted by molar-refractivity contribution is 6.54. The molecule has 268 valence electrons. The Balaban J connectivity index is 1.56. The summed E-state index contributed by atoms with van der Waals surface area (Å²) >= 11 is 37.5.